The van der Waals surface area contributed by atoms with Gasteiger partial charge in [0.1, 0.15) is 34.8 Å². The van der Waals surface area contributed by atoms with Crippen LogP contribution in [0, 0.1) is 23.3 Å². The summed E-state index contributed by atoms with van der Waals surface area (Å²) in [6.45, 7) is 0. The summed E-state index contributed by atoms with van der Waals surface area (Å²) in [5, 5.41) is 17.6. The zero-order chi connectivity index (χ0) is 28.4. The van der Waals surface area contributed by atoms with E-state index in [1.54, 1.807) is 48.5 Å². The standard InChI is InChI=1S/C13H9BrF2O.C7H9BO3.C6H2Br2F2/c1-17-13-5-3-2-4-8(13)9-6-12(16)10(14)7-11(9)15;1-11-7-5-3-2-4-6(7)8(9)10;7-3-1-5(9)4(8)2-6(3)10/h2-7H,1H3;2-5,9-10H,1H3;1-2H. The molecule has 12 heteroatoms. The van der Waals surface area contributed by atoms with Gasteiger partial charge in [0.05, 0.1) is 27.6 Å². The van der Waals surface area contributed by atoms with E-state index in [9.17, 15) is 17.6 Å². The molecule has 38 heavy (non-hydrogen) atoms. The lowest BCUT2D eigenvalue weighted by Crippen LogP contribution is -2.30. The number of hydrogen-bond donors (Lipinski definition) is 2. The highest BCUT2D eigenvalue weighted by Crippen LogP contribution is 2.33. The summed E-state index contributed by atoms with van der Waals surface area (Å²) in [5.41, 5.74) is 1.09. The molecule has 200 valence electrons. The third kappa shape index (κ3) is 8.84. The Morgan fingerprint density at radius 1 is 0.579 bits per heavy atom. The maximum absolute atomic E-state index is 13.8. The van der Waals surface area contributed by atoms with Gasteiger partial charge in [0.25, 0.3) is 0 Å². The Morgan fingerprint density at radius 2 is 1.00 bits per heavy atom. The molecule has 0 unspecified atom stereocenters. The van der Waals surface area contributed by atoms with Gasteiger partial charge in [-0.15, -0.1) is 0 Å². The monoisotopic (exact) mass is 720 g/mol. The van der Waals surface area contributed by atoms with E-state index in [1.165, 1.54) is 14.2 Å². The number of benzene rings is 4. The number of methoxy groups -OCH3 is 2. The predicted molar refractivity (Wildman–Crippen MR) is 151 cm³/mol. The number of ether oxygens (including phenoxy) is 2. The van der Waals surface area contributed by atoms with Gasteiger partial charge in [0.2, 0.25) is 0 Å². The minimum absolute atomic E-state index is 0.105. The Labute approximate surface area is 242 Å². The van der Waals surface area contributed by atoms with Crippen molar-refractivity contribution in [2.45, 2.75) is 0 Å². The molecule has 0 aliphatic rings. The quantitative estimate of drug-likeness (QED) is 0.132. The Morgan fingerprint density at radius 3 is 1.47 bits per heavy atom. The highest BCUT2D eigenvalue weighted by molar-refractivity contribution is 9.11. The van der Waals surface area contributed by atoms with Crippen molar-refractivity contribution in [3.05, 3.63) is 109 Å². The minimum atomic E-state index is -1.47. The van der Waals surface area contributed by atoms with Crippen molar-refractivity contribution in [3.8, 4) is 22.6 Å². The summed E-state index contributed by atoms with van der Waals surface area (Å²) < 4.78 is 62.6. The van der Waals surface area contributed by atoms with Crippen LogP contribution in [0.25, 0.3) is 11.1 Å². The van der Waals surface area contributed by atoms with Crippen LogP contribution < -0.4 is 14.9 Å². The van der Waals surface area contributed by atoms with E-state index in [0.717, 1.165) is 24.3 Å². The second-order valence-electron chi connectivity index (χ2n) is 7.24. The lowest BCUT2D eigenvalue weighted by Gasteiger charge is -2.09. The van der Waals surface area contributed by atoms with Crippen LogP contribution in [0.15, 0.2) is 86.2 Å². The molecule has 0 atom stereocenters. The third-order valence-corrected chi connectivity index (χ3v) is 6.61. The second-order valence-corrected chi connectivity index (χ2v) is 9.81. The van der Waals surface area contributed by atoms with Crippen molar-refractivity contribution in [2.75, 3.05) is 14.2 Å². The van der Waals surface area contributed by atoms with Crippen molar-refractivity contribution < 1.29 is 37.1 Å². The maximum Gasteiger partial charge on any atom is 0.492 e. The topological polar surface area (TPSA) is 58.9 Å². The van der Waals surface area contributed by atoms with Gasteiger partial charge in [0, 0.05) is 16.6 Å². The first kappa shape index (κ1) is 31.8. The molecule has 0 spiro atoms. The molecule has 0 fully saturated rings. The molecule has 4 rings (SSSR count). The van der Waals surface area contributed by atoms with Gasteiger partial charge < -0.3 is 19.5 Å². The molecular weight excluding hydrogens is 703 g/mol. The molecule has 0 saturated carbocycles. The predicted octanol–water partition coefficient (Wildman–Crippen LogP) is 7.27. The molecule has 0 amide bonds. The van der Waals surface area contributed by atoms with Crippen LogP contribution in [0.4, 0.5) is 17.6 Å². The molecular formula is C26H20BBr3F4O4. The van der Waals surface area contributed by atoms with E-state index < -0.39 is 30.4 Å². The average molecular weight is 723 g/mol. The van der Waals surface area contributed by atoms with Crippen molar-refractivity contribution in [3.63, 3.8) is 0 Å². The van der Waals surface area contributed by atoms with Crippen LogP contribution >= 0.6 is 47.8 Å². The molecule has 4 nitrogen and oxygen atoms in total. The summed E-state index contributed by atoms with van der Waals surface area (Å²) >= 11 is 8.63. The Balaban J connectivity index is 0.000000211. The fraction of sp³-hybridized carbons (Fsp3) is 0.0769. The first-order chi connectivity index (χ1) is 18.0. The molecule has 4 aromatic carbocycles. The van der Waals surface area contributed by atoms with Crippen LogP contribution in [-0.2, 0) is 0 Å². The molecule has 0 radical (unpaired) electrons. The van der Waals surface area contributed by atoms with Crippen LogP contribution in [0.3, 0.4) is 0 Å². The lowest BCUT2D eigenvalue weighted by molar-refractivity contribution is 0.403. The Bertz CT molecular complexity index is 1330. The normalized spacial score (nSPS) is 9.97. The number of para-hydroxylation sites is 2. The SMILES string of the molecule is COc1ccccc1-c1cc(F)c(Br)cc1F.COc1ccccc1B(O)O.Fc1cc(Br)c(F)cc1Br. The highest BCUT2D eigenvalue weighted by Gasteiger charge is 2.15. The molecule has 2 N–H and O–H groups in total. The first-order valence-corrected chi connectivity index (χ1v) is 12.9. The molecule has 0 aromatic heterocycles. The van der Waals surface area contributed by atoms with E-state index in [-0.39, 0.29) is 19.0 Å². The smallest absolute Gasteiger partial charge is 0.492 e. The van der Waals surface area contributed by atoms with Gasteiger partial charge in [-0.3, -0.25) is 0 Å². The van der Waals surface area contributed by atoms with E-state index in [0.29, 0.717) is 22.5 Å². The van der Waals surface area contributed by atoms with E-state index >= 15 is 0 Å². The van der Waals surface area contributed by atoms with Gasteiger partial charge in [-0.1, -0.05) is 36.4 Å². The van der Waals surface area contributed by atoms with Gasteiger partial charge >= 0.3 is 7.12 Å². The van der Waals surface area contributed by atoms with Crippen molar-refractivity contribution >= 4 is 60.4 Å². The lowest BCUT2D eigenvalue weighted by atomic mass is 9.80. The number of halogens is 7. The summed E-state index contributed by atoms with van der Waals surface area (Å²) in [5.74, 6) is -0.966. The van der Waals surface area contributed by atoms with Crippen LogP contribution in [0.1, 0.15) is 0 Å². The fourth-order valence-corrected chi connectivity index (χ4v) is 3.92. The molecule has 0 aliphatic heterocycles. The first-order valence-electron chi connectivity index (χ1n) is 10.6. The van der Waals surface area contributed by atoms with Gasteiger partial charge in [-0.05, 0) is 84.2 Å². The van der Waals surface area contributed by atoms with Gasteiger partial charge in [-0.2, -0.15) is 0 Å². The van der Waals surface area contributed by atoms with Gasteiger partial charge in [0.15, 0.2) is 0 Å². The second kappa shape index (κ2) is 15.3. The van der Waals surface area contributed by atoms with Crippen molar-refractivity contribution in [1.82, 2.24) is 0 Å². The molecule has 0 saturated heterocycles. The largest absolute Gasteiger partial charge is 0.497 e. The summed E-state index contributed by atoms with van der Waals surface area (Å²) in [6, 6.07) is 18.1. The Kier molecular flexibility index (Phi) is 12.8. The molecule has 0 aliphatic carbocycles. The number of hydrogen-bond acceptors (Lipinski definition) is 4. The molecule has 0 bridgehead atoms. The number of rotatable bonds is 4. The van der Waals surface area contributed by atoms with Crippen LogP contribution in [-0.4, -0.2) is 31.4 Å². The zero-order valence-electron chi connectivity index (χ0n) is 19.9. The van der Waals surface area contributed by atoms with Crippen molar-refractivity contribution in [1.29, 1.82) is 0 Å². The molecule has 0 heterocycles. The average Bonchev–Trinajstić information content (AvgIpc) is 2.90. The van der Waals surface area contributed by atoms with E-state index in [1.807, 2.05) is 0 Å². The summed E-state index contributed by atoms with van der Waals surface area (Å²) in [6.07, 6.45) is 0. The Hall–Kier alpha value is -2.38. The van der Waals surface area contributed by atoms with Gasteiger partial charge in [-0.25, -0.2) is 17.6 Å². The van der Waals surface area contributed by atoms with Crippen molar-refractivity contribution in [2.24, 2.45) is 0 Å². The van der Waals surface area contributed by atoms with Crippen LogP contribution in [0.2, 0.25) is 0 Å². The van der Waals surface area contributed by atoms with E-state index in [4.69, 9.17) is 19.5 Å². The molecule has 4 aromatic rings. The highest BCUT2D eigenvalue weighted by atomic mass is 79.9. The van der Waals surface area contributed by atoms with Crippen LogP contribution in [0.5, 0.6) is 11.5 Å². The summed E-state index contributed by atoms with van der Waals surface area (Å²) in [7, 11) is 1.51. The van der Waals surface area contributed by atoms with E-state index in [2.05, 4.69) is 47.8 Å². The maximum atomic E-state index is 13.8. The third-order valence-electron chi connectivity index (χ3n) is 4.79. The minimum Gasteiger partial charge on any atom is -0.497 e. The summed E-state index contributed by atoms with van der Waals surface area (Å²) in [4.78, 5) is 0. The fourth-order valence-electron chi connectivity index (χ4n) is 2.97. The zero-order valence-corrected chi connectivity index (χ0v) is 24.6.